The average molecular weight is 785 g/mol. The van der Waals surface area contributed by atoms with Crippen molar-refractivity contribution in [3.8, 4) is 0 Å². The minimum atomic E-state index is -1.33. The van der Waals surface area contributed by atoms with Gasteiger partial charge in [-0.15, -0.1) is 0 Å². The number of rotatable bonds is 8. The molecule has 0 spiro atoms. The molecule has 5 saturated heterocycles. The number of aliphatic hydroxyl groups excluding tert-OH is 2. The van der Waals surface area contributed by atoms with Gasteiger partial charge in [0.1, 0.15) is 23.9 Å². The Kier molecular flexibility index (Phi) is 16.2. The Morgan fingerprint density at radius 1 is 1.00 bits per heavy atom. The molecule has 0 unspecified atom stereocenters. The van der Waals surface area contributed by atoms with Crippen molar-refractivity contribution in [2.24, 2.45) is 23.7 Å². The molecular weight excluding hydrogens is 708 g/mol. The van der Waals surface area contributed by atoms with Crippen LogP contribution in [0.15, 0.2) is 12.2 Å². The molecule has 5 aliphatic heterocycles. The zero-order valence-electron chi connectivity index (χ0n) is 35.9. The second-order valence-corrected chi connectivity index (χ2v) is 18.3. The van der Waals surface area contributed by atoms with Crippen LogP contribution in [0.2, 0.25) is 0 Å². The van der Waals surface area contributed by atoms with Gasteiger partial charge in [0, 0.05) is 25.6 Å². The quantitative estimate of drug-likeness (QED) is 0.206. The maximum absolute atomic E-state index is 14.3. The highest BCUT2D eigenvalue weighted by Crippen LogP contribution is 2.41. The molecule has 0 aromatic rings. The van der Waals surface area contributed by atoms with Crippen LogP contribution in [0.1, 0.15) is 107 Å². The third-order valence-corrected chi connectivity index (χ3v) is 13.3. The van der Waals surface area contributed by atoms with Gasteiger partial charge in [-0.25, -0.2) is 0 Å². The van der Waals surface area contributed by atoms with Crippen molar-refractivity contribution in [2.45, 2.75) is 185 Å². The first-order valence-electron chi connectivity index (χ1n) is 20.8. The number of ether oxygens (including phenoxy) is 7. The molecule has 0 saturated carbocycles. The average Bonchev–Trinajstić information content (AvgIpc) is 3.11. The number of methoxy groups -OCH3 is 1. The zero-order valence-corrected chi connectivity index (χ0v) is 35.9. The fourth-order valence-electron chi connectivity index (χ4n) is 9.80. The molecule has 4 N–H and O–H groups in total. The van der Waals surface area contributed by atoms with Crippen molar-refractivity contribution in [1.82, 2.24) is 10.2 Å². The van der Waals surface area contributed by atoms with E-state index in [1.165, 1.54) is 0 Å². The number of fused-ring (bicyclic) bond motifs is 15. The summed E-state index contributed by atoms with van der Waals surface area (Å²) in [6.45, 7) is 22.9. The van der Waals surface area contributed by atoms with Crippen LogP contribution < -0.4 is 5.32 Å². The molecule has 17 atom stereocenters. The Hall–Kier alpha value is -1.23. The van der Waals surface area contributed by atoms with E-state index < -0.39 is 71.8 Å². The van der Waals surface area contributed by atoms with Gasteiger partial charge in [0.15, 0.2) is 12.6 Å². The lowest BCUT2D eigenvalue weighted by Gasteiger charge is -2.47. The molecule has 5 rings (SSSR count). The van der Waals surface area contributed by atoms with E-state index in [2.05, 4.69) is 30.6 Å². The van der Waals surface area contributed by atoms with Crippen LogP contribution in [0.25, 0.3) is 0 Å². The van der Waals surface area contributed by atoms with Crippen molar-refractivity contribution >= 4 is 5.97 Å². The summed E-state index contributed by atoms with van der Waals surface area (Å²) in [4.78, 5) is 16.4. The van der Waals surface area contributed by atoms with Gasteiger partial charge >= 0.3 is 5.97 Å². The Morgan fingerprint density at radius 3 is 2.33 bits per heavy atom. The molecular formula is C42H76N2O11. The predicted molar refractivity (Wildman–Crippen MR) is 209 cm³/mol. The fraction of sp³-hybridized carbons (Fsp3) is 0.929. The van der Waals surface area contributed by atoms with Gasteiger partial charge in [-0.1, -0.05) is 32.9 Å². The van der Waals surface area contributed by atoms with Crippen molar-refractivity contribution in [1.29, 1.82) is 0 Å². The molecule has 5 aliphatic rings. The maximum atomic E-state index is 14.3. The summed E-state index contributed by atoms with van der Waals surface area (Å²) >= 11 is 0. The zero-order chi connectivity index (χ0) is 41.0. The van der Waals surface area contributed by atoms with E-state index in [9.17, 15) is 20.1 Å². The Morgan fingerprint density at radius 2 is 1.69 bits per heavy atom. The summed E-state index contributed by atoms with van der Waals surface area (Å²) < 4.78 is 44.9. The lowest BCUT2D eigenvalue weighted by molar-refractivity contribution is -0.297. The third-order valence-electron chi connectivity index (χ3n) is 13.3. The molecule has 5 fully saturated rings. The van der Waals surface area contributed by atoms with Gasteiger partial charge in [-0.05, 0) is 118 Å². The normalized spacial score (nSPS) is 47.3. The molecule has 0 radical (unpaired) electrons. The molecule has 2 bridgehead atoms. The van der Waals surface area contributed by atoms with Crippen LogP contribution in [-0.2, 0) is 38.0 Å². The Balaban J connectivity index is 1.82. The number of aliphatic hydroxyl groups is 3. The third kappa shape index (κ3) is 11.1. The SMILES string of the molecule is C=C1CC[C@@H]2[C@@H](C)CN[C@H](C)C[C@](CO[C@H]3[C@H](O)O[C@H](C)C[C@@H]3N(C)C)(C[C@@H](C)[C@H](O[C@H]3C[C@@](C)(OC)[C@@H](O)[C@H](C)O3)[C@@H](C)C(=O)O[C@H](CC)[C@@]2(C)O)OC1. The second-order valence-electron chi connectivity index (χ2n) is 18.3. The Bertz CT molecular complexity index is 1250. The van der Waals surface area contributed by atoms with E-state index in [1.807, 2.05) is 48.7 Å². The van der Waals surface area contributed by atoms with Crippen LogP contribution in [0, 0.1) is 23.7 Å². The predicted octanol–water partition coefficient (Wildman–Crippen LogP) is 4.19. The minimum Gasteiger partial charge on any atom is -0.459 e. The number of nitrogens with zero attached hydrogens (tertiary/aromatic N) is 1. The van der Waals surface area contributed by atoms with E-state index in [0.29, 0.717) is 45.1 Å². The van der Waals surface area contributed by atoms with Crippen molar-refractivity contribution < 1.29 is 53.3 Å². The minimum absolute atomic E-state index is 0.0369. The first-order chi connectivity index (χ1) is 25.7. The second kappa shape index (κ2) is 19.2. The standard InChI is InChI=1S/C42H76N2O11/c1-14-33-41(10,48)31-16-15-24(2)22-51-42(19-27(5)43-21-26(31)4,23-50-36-32(44(11)12)17-28(6)52-39(36)47)18-25(3)35(29(7)38(46)54-33)55-34-20-40(9,49-13)37(45)30(8)53-34/h25-37,39,43,45,47-48H,2,14-23H2,1,3-13H3/t25-,26+,27-,28-,29-,30+,31-,32+,33-,34+,35+,36-,37+,39-,40-,41+,42+/m1/s1. The number of hydrogen-bond donors (Lipinski definition) is 4. The fourth-order valence-corrected chi connectivity index (χ4v) is 9.80. The molecule has 13 nitrogen and oxygen atoms in total. The lowest BCUT2D eigenvalue weighted by Crippen LogP contribution is -2.58. The summed E-state index contributed by atoms with van der Waals surface area (Å²) in [7, 11) is 5.53. The van der Waals surface area contributed by atoms with Crippen molar-refractivity contribution in [3.05, 3.63) is 12.2 Å². The van der Waals surface area contributed by atoms with E-state index >= 15 is 0 Å². The monoisotopic (exact) mass is 785 g/mol. The first-order valence-corrected chi connectivity index (χ1v) is 20.8. The van der Waals surface area contributed by atoms with E-state index in [1.54, 1.807) is 21.0 Å². The summed E-state index contributed by atoms with van der Waals surface area (Å²) in [5, 5.41) is 38.3. The molecule has 320 valence electrons. The highest BCUT2D eigenvalue weighted by Gasteiger charge is 2.50. The Labute approximate surface area is 331 Å². The maximum Gasteiger partial charge on any atom is 0.311 e. The number of esters is 1. The topological polar surface area (TPSA) is 158 Å². The highest BCUT2D eigenvalue weighted by molar-refractivity contribution is 5.73. The number of carbonyl (C=O) groups excluding carboxylic acids is 1. The summed E-state index contributed by atoms with van der Waals surface area (Å²) in [5.74, 6) is -1.75. The van der Waals surface area contributed by atoms with Gasteiger partial charge in [0.05, 0.1) is 48.6 Å². The van der Waals surface area contributed by atoms with Crippen LogP contribution in [0.3, 0.4) is 0 Å². The molecule has 0 aromatic heterocycles. The number of likely N-dealkylation sites (N-methyl/N-ethyl adjacent to an activating group) is 1. The van der Waals surface area contributed by atoms with Gasteiger partial charge in [0.2, 0.25) is 0 Å². The first kappa shape index (κ1) is 46.5. The molecule has 13 heteroatoms. The summed E-state index contributed by atoms with van der Waals surface area (Å²) in [6, 6.07) is -0.132. The molecule has 0 amide bonds. The van der Waals surface area contributed by atoms with Crippen molar-refractivity contribution in [3.63, 3.8) is 0 Å². The van der Waals surface area contributed by atoms with Gasteiger partial charge in [-0.2, -0.15) is 0 Å². The van der Waals surface area contributed by atoms with Gasteiger partial charge in [0.25, 0.3) is 0 Å². The number of nitrogens with one attached hydrogen (secondary N) is 1. The summed E-state index contributed by atoms with van der Waals surface area (Å²) in [6.07, 6.45) is -2.06. The molecule has 0 aromatic carbocycles. The smallest absolute Gasteiger partial charge is 0.311 e. The van der Waals surface area contributed by atoms with Crippen LogP contribution in [0.5, 0.6) is 0 Å². The van der Waals surface area contributed by atoms with E-state index in [0.717, 1.165) is 5.57 Å². The van der Waals surface area contributed by atoms with Gasteiger partial charge < -0.3 is 58.7 Å². The number of carbonyl (C=O) groups is 1. The van der Waals surface area contributed by atoms with Crippen LogP contribution in [-0.4, -0.2) is 145 Å². The largest absolute Gasteiger partial charge is 0.459 e. The highest BCUT2D eigenvalue weighted by atomic mass is 16.7. The summed E-state index contributed by atoms with van der Waals surface area (Å²) in [5.41, 5.74) is -2.29. The lowest BCUT2D eigenvalue weighted by atomic mass is 9.73. The molecule has 0 aliphatic carbocycles. The molecule has 5 heterocycles. The van der Waals surface area contributed by atoms with Gasteiger partial charge in [-0.3, -0.25) is 4.79 Å². The van der Waals surface area contributed by atoms with Crippen LogP contribution >= 0.6 is 0 Å². The molecule has 55 heavy (non-hydrogen) atoms. The van der Waals surface area contributed by atoms with E-state index in [4.69, 9.17) is 33.2 Å². The van der Waals surface area contributed by atoms with Crippen molar-refractivity contribution in [2.75, 3.05) is 41.0 Å². The number of hydrogen-bond acceptors (Lipinski definition) is 13. The van der Waals surface area contributed by atoms with E-state index in [-0.39, 0.29) is 55.6 Å². The van der Waals surface area contributed by atoms with Crippen LogP contribution in [0.4, 0.5) is 0 Å².